The summed E-state index contributed by atoms with van der Waals surface area (Å²) in [6.45, 7) is 3.56. The van der Waals surface area contributed by atoms with E-state index < -0.39 is 26.0 Å². The van der Waals surface area contributed by atoms with E-state index in [1.165, 1.54) is 55.8 Å². The number of anilines is 2. The molecule has 0 aliphatic carbocycles. The molecular weight excluding hydrogens is 488 g/mol. The smallest absolute Gasteiger partial charge is 0.263 e. The molecule has 3 rings (SSSR count). The number of methoxy groups -OCH3 is 1. The maximum atomic E-state index is 12.9. The molecule has 0 atom stereocenters. The van der Waals surface area contributed by atoms with Crippen LogP contribution in [0.3, 0.4) is 0 Å². The maximum Gasteiger partial charge on any atom is 0.263 e. The Morgan fingerprint density at radius 2 is 1.61 bits per heavy atom. The Bertz CT molecular complexity index is 1340. The summed E-state index contributed by atoms with van der Waals surface area (Å²) < 4.78 is 60.5. The third-order valence-electron chi connectivity index (χ3n) is 4.22. The molecule has 13 heteroatoms. The quantitative estimate of drug-likeness (QED) is 0.401. The highest BCUT2D eigenvalue weighted by Gasteiger charge is 2.21. The number of nitrogens with one attached hydrogen (secondary N) is 3. The summed E-state index contributed by atoms with van der Waals surface area (Å²) in [6.07, 6.45) is 1.47. The number of amides is 1. The zero-order valence-electron chi connectivity index (χ0n) is 17.9. The van der Waals surface area contributed by atoms with Gasteiger partial charge < -0.3 is 10.1 Å². The SMILES string of the molecule is COc1ccc(S(=O)(=O)Nc2ccc(S(=O)(=O)Nc3nccs3)cc2)cc1C(=O)NC(C)C. The molecule has 0 spiro atoms. The van der Waals surface area contributed by atoms with Crippen LogP contribution >= 0.6 is 11.3 Å². The van der Waals surface area contributed by atoms with Crippen molar-refractivity contribution in [3.8, 4) is 5.75 Å². The van der Waals surface area contributed by atoms with Crippen molar-refractivity contribution in [1.29, 1.82) is 0 Å². The van der Waals surface area contributed by atoms with Crippen LogP contribution in [0.5, 0.6) is 5.75 Å². The number of sulfonamides is 2. The monoisotopic (exact) mass is 510 g/mol. The number of carbonyl (C=O) groups excluding carboxylic acids is 1. The molecule has 0 bridgehead atoms. The van der Waals surface area contributed by atoms with E-state index >= 15 is 0 Å². The van der Waals surface area contributed by atoms with Crippen molar-refractivity contribution < 1.29 is 26.4 Å². The average molecular weight is 511 g/mol. The minimum Gasteiger partial charge on any atom is -0.496 e. The van der Waals surface area contributed by atoms with Gasteiger partial charge in [0, 0.05) is 23.3 Å². The summed E-state index contributed by atoms with van der Waals surface area (Å²) in [5, 5.41) is 4.55. The molecule has 0 saturated heterocycles. The number of hydrogen-bond acceptors (Lipinski definition) is 8. The number of hydrogen-bond donors (Lipinski definition) is 3. The molecule has 1 amide bonds. The number of benzene rings is 2. The van der Waals surface area contributed by atoms with Crippen molar-refractivity contribution in [3.05, 3.63) is 59.6 Å². The average Bonchev–Trinajstić information content (AvgIpc) is 3.25. The molecule has 33 heavy (non-hydrogen) atoms. The molecule has 0 aliphatic heterocycles. The van der Waals surface area contributed by atoms with Crippen LogP contribution in [0.25, 0.3) is 0 Å². The first-order valence-electron chi connectivity index (χ1n) is 9.56. The molecule has 0 fully saturated rings. The van der Waals surface area contributed by atoms with Gasteiger partial charge in [0.25, 0.3) is 26.0 Å². The second kappa shape index (κ2) is 9.77. The molecule has 0 radical (unpaired) electrons. The first-order valence-corrected chi connectivity index (χ1v) is 13.4. The third kappa shape index (κ3) is 6.00. The molecule has 1 heterocycles. The van der Waals surface area contributed by atoms with Crippen LogP contribution in [-0.4, -0.2) is 40.9 Å². The van der Waals surface area contributed by atoms with Crippen molar-refractivity contribution in [2.75, 3.05) is 16.6 Å². The number of aromatic nitrogens is 1. The molecule has 2 aromatic carbocycles. The number of thiazole rings is 1. The predicted octanol–water partition coefficient (Wildman–Crippen LogP) is 2.89. The van der Waals surface area contributed by atoms with Crippen LogP contribution < -0.4 is 19.5 Å². The van der Waals surface area contributed by atoms with Gasteiger partial charge in [-0.05, 0) is 56.3 Å². The van der Waals surface area contributed by atoms with Gasteiger partial charge in [0.2, 0.25) is 0 Å². The van der Waals surface area contributed by atoms with Gasteiger partial charge in [-0.1, -0.05) is 0 Å². The van der Waals surface area contributed by atoms with Gasteiger partial charge in [-0.15, -0.1) is 11.3 Å². The lowest BCUT2D eigenvalue weighted by Crippen LogP contribution is -2.30. The van der Waals surface area contributed by atoms with Crippen LogP contribution in [0, 0.1) is 0 Å². The van der Waals surface area contributed by atoms with Crippen LogP contribution in [0.2, 0.25) is 0 Å². The summed E-state index contributed by atoms with van der Waals surface area (Å²) in [4.78, 5) is 16.1. The van der Waals surface area contributed by atoms with Gasteiger partial charge in [0.15, 0.2) is 5.13 Å². The van der Waals surface area contributed by atoms with Crippen molar-refractivity contribution >= 4 is 48.1 Å². The van der Waals surface area contributed by atoms with Gasteiger partial charge in [-0.3, -0.25) is 14.2 Å². The standard InChI is InChI=1S/C20H22N4O6S3/c1-13(2)22-19(25)17-12-16(8-9-18(17)30-3)33(28,29)23-14-4-6-15(7-5-14)32(26,27)24-20-21-10-11-31-20/h4-13,23H,1-3H3,(H,21,24)(H,22,25). The summed E-state index contributed by atoms with van der Waals surface area (Å²) in [7, 11) is -6.56. The van der Waals surface area contributed by atoms with Crippen LogP contribution in [0.1, 0.15) is 24.2 Å². The number of ether oxygens (including phenoxy) is 1. The van der Waals surface area contributed by atoms with Crippen molar-refractivity contribution in [2.45, 2.75) is 29.7 Å². The van der Waals surface area contributed by atoms with Gasteiger partial charge in [0.1, 0.15) is 5.75 Å². The summed E-state index contributed by atoms with van der Waals surface area (Å²) in [5.74, 6) is -0.240. The van der Waals surface area contributed by atoms with Crippen LogP contribution in [0.15, 0.2) is 63.8 Å². The van der Waals surface area contributed by atoms with Crippen molar-refractivity contribution in [3.63, 3.8) is 0 Å². The van der Waals surface area contributed by atoms with E-state index in [1.807, 2.05) is 0 Å². The number of nitrogens with zero attached hydrogens (tertiary/aromatic N) is 1. The molecule has 176 valence electrons. The summed E-state index contributed by atoms with van der Waals surface area (Å²) >= 11 is 1.13. The van der Waals surface area contributed by atoms with Crippen molar-refractivity contribution in [1.82, 2.24) is 10.3 Å². The fourth-order valence-corrected chi connectivity index (χ4v) is 5.61. The number of carbonyl (C=O) groups is 1. The molecule has 1 aromatic heterocycles. The van der Waals surface area contributed by atoms with E-state index in [0.29, 0.717) is 0 Å². The number of rotatable bonds is 9. The Morgan fingerprint density at radius 3 is 2.18 bits per heavy atom. The molecule has 0 aliphatic rings. The third-order valence-corrected chi connectivity index (χ3v) is 7.77. The maximum absolute atomic E-state index is 12.9. The zero-order valence-corrected chi connectivity index (χ0v) is 20.3. The second-order valence-electron chi connectivity index (χ2n) is 7.06. The lowest BCUT2D eigenvalue weighted by Gasteiger charge is -2.14. The fourth-order valence-electron chi connectivity index (χ4n) is 2.74. The van der Waals surface area contributed by atoms with Crippen LogP contribution in [0.4, 0.5) is 10.8 Å². The minimum absolute atomic E-state index is 0.0576. The first kappa shape index (κ1) is 24.5. The Labute approximate surface area is 196 Å². The lowest BCUT2D eigenvalue weighted by atomic mass is 10.2. The Balaban J connectivity index is 1.82. The van der Waals surface area contributed by atoms with Crippen molar-refractivity contribution in [2.24, 2.45) is 0 Å². The highest BCUT2D eigenvalue weighted by Crippen LogP contribution is 2.25. The van der Waals surface area contributed by atoms with E-state index in [-0.39, 0.29) is 38.0 Å². The zero-order chi connectivity index (χ0) is 24.2. The summed E-state index contributed by atoms with van der Waals surface area (Å²) in [5.41, 5.74) is 0.218. The molecule has 3 N–H and O–H groups in total. The lowest BCUT2D eigenvalue weighted by molar-refractivity contribution is 0.0940. The fraction of sp³-hybridized carbons (Fsp3) is 0.200. The topological polar surface area (TPSA) is 144 Å². The molecule has 0 unspecified atom stereocenters. The van der Waals surface area contributed by atoms with Crippen LogP contribution in [-0.2, 0) is 20.0 Å². The normalized spacial score (nSPS) is 11.8. The Morgan fingerprint density at radius 1 is 0.970 bits per heavy atom. The molecule has 0 saturated carbocycles. The van der Waals surface area contributed by atoms with Gasteiger partial charge in [-0.2, -0.15) is 0 Å². The largest absolute Gasteiger partial charge is 0.496 e. The molecule has 3 aromatic rings. The van der Waals surface area contributed by atoms with E-state index in [9.17, 15) is 21.6 Å². The Kier molecular flexibility index (Phi) is 7.25. The first-order chi connectivity index (χ1) is 15.5. The highest BCUT2D eigenvalue weighted by molar-refractivity contribution is 7.93. The second-order valence-corrected chi connectivity index (χ2v) is 11.3. The Hall–Kier alpha value is -3.16. The summed E-state index contributed by atoms with van der Waals surface area (Å²) in [6, 6.07) is 8.95. The van der Waals surface area contributed by atoms with E-state index in [2.05, 4.69) is 19.7 Å². The van der Waals surface area contributed by atoms with E-state index in [1.54, 1.807) is 19.2 Å². The van der Waals surface area contributed by atoms with Gasteiger partial charge in [-0.25, -0.2) is 21.8 Å². The van der Waals surface area contributed by atoms with Gasteiger partial charge in [0.05, 0.1) is 22.5 Å². The highest BCUT2D eigenvalue weighted by atomic mass is 32.2. The van der Waals surface area contributed by atoms with E-state index in [4.69, 9.17) is 4.74 Å². The minimum atomic E-state index is -4.07. The van der Waals surface area contributed by atoms with Gasteiger partial charge >= 0.3 is 0 Å². The molecular formula is C20H22N4O6S3. The van der Waals surface area contributed by atoms with E-state index in [0.717, 1.165) is 11.3 Å². The molecule has 10 nitrogen and oxygen atoms in total. The predicted molar refractivity (Wildman–Crippen MR) is 126 cm³/mol.